The topological polar surface area (TPSA) is 95.6 Å². The lowest BCUT2D eigenvalue weighted by Crippen LogP contribution is -2.23. The maximum Gasteiger partial charge on any atom is 0.573 e. The van der Waals surface area contributed by atoms with Crippen LogP contribution in [0.15, 0.2) is 58.5 Å². The number of sulfone groups is 1. The van der Waals surface area contributed by atoms with Crippen LogP contribution in [-0.2, 0) is 16.0 Å². The van der Waals surface area contributed by atoms with E-state index in [1.54, 1.807) is 0 Å². The first-order valence-corrected chi connectivity index (χ1v) is 12.1. The van der Waals surface area contributed by atoms with Crippen LogP contribution in [-0.4, -0.2) is 39.7 Å². The number of ether oxygens (including phenoxy) is 1. The summed E-state index contributed by atoms with van der Waals surface area (Å²) in [7, 11) is -4.09. The van der Waals surface area contributed by atoms with E-state index in [0.29, 0.717) is 21.3 Å². The quantitative estimate of drug-likeness (QED) is 0.319. The first kappa shape index (κ1) is 26.5. The molecule has 0 N–H and O–H groups in total. The molecular formula is C21H13ClF6N4O4S. The van der Waals surface area contributed by atoms with Gasteiger partial charge in [0.15, 0.2) is 21.3 Å². The Bertz CT molecular complexity index is 1680. The largest absolute Gasteiger partial charge is 0.573 e. The van der Waals surface area contributed by atoms with Crippen LogP contribution in [0.1, 0.15) is 12.5 Å². The Morgan fingerprint density at radius 3 is 2.32 bits per heavy atom. The molecule has 0 atom stereocenters. The van der Waals surface area contributed by atoms with E-state index < -0.39 is 60.9 Å². The average molecular weight is 567 g/mol. The van der Waals surface area contributed by atoms with Gasteiger partial charge in [0.2, 0.25) is 0 Å². The minimum Gasteiger partial charge on any atom is -0.404 e. The zero-order valence-electron chi connectivity index (χ0n) is 18.3. The van der Waals surface area contributed by atoms with Gasteiger partial charge in [0.25, 0.3) is 0 Å². The minimum atomic E-state index is -4.99. The molecule has 0 aliphatic rings. The van der Waals surface area contributed by atoms with E-state index in [1.807, 2.05) is 0 Å². The lowest BCUT2D eigenvalue weighted by atomic mass is 10.1. The van der Waals surface area contributed by atoms with Crippen molar-refractivity contribution in [2.24, 2.45) is 0 Å². The van der Waals surface area contributed by atoms with Crippen LogP contribution < -0.4 is 10.4 Å². The third kappa shape index (κ3) is 5.27. The molecule has 0 saturated carbocycles. The van der Waals surface area contributed by atoms with Crippen LogP contribution >= 0.6 is 11.6 Å². The Kier molecular flexibility index (Phi) is 6.48. The summed E-state index contributed by atoms with van der Waals surface area (Å²) in [5, 5.41) is 3.48. The fraction of sp³-hybridized carbons (Fsp3) is 0.190. The SMILES string of the molecule is CCS(=O)(=O)c1cc(-c2ccc(OC(F)(F)F)c(Cl)c2)cnc1-n1nc2ccc(C(F)(F)F)cn2c1=O. The molecule has 1 aromatic carbocycles. The highest BCUT2D eigenvalue weighted by molar-refractivity contribution is 7.91. The Hall–Kier alpha value is -3.59. The van der Waals surface area contributed by atoms with Gasteiger partial charge in [0.1, 0.15) is 10.6 Å². The number of hydrogen-bond acceptors (Lipinski definition) is 6. The molecule has 0 unspecified atom stereocenters. The monoisotopic (exact) mass is 566 g/mol. The van der Waals surface area contributed by atoms with E-state index in [2.05, 4.69) is 14.8 Å². The second kappa shape index (κ2) is 9.06. The number of benzene rings is 1. The third-order valence-corrected chi connectivity index (χ3v) is 7.11. The van der Waals surface area contributed by atoms with E-state index in [4.69, 9.17) is 11.6 Å². The zero-order chi connectivity index (χ0) is 27.3. The lowest BCUT2D eigenvalue weighted by Gasteiger charge is -2.13. The van der Waals surface area contributed by atoms with E-state index >= 15 is 0 Å². The molecule has 196 valence electrons. The average Bonchev–Trinajstić information content (AvgIpc) is 3.14. The van der Waals surface area contributed by atoms with E-state index in [0.717, 1.165) is 30.5 Å². The Labute approximate surface area is 208 Å². The summed E-state index contributed by atoms with van der Waals surface area (Å²) in [6.45, 7) is 1.31. The van der Waals surface area contributed by atoms with E-state index in [1.165, 1.54) is 13.0 Å². The molecule has 0 aliphatic carbocycles. The Morgan fingerprint density at radius 1 is 1.03 bits per heavy atom. The zero-order valence-corrected chi connectivity index (χ0v) is 19.9. The molecule has 4 rings (SSSR count). The highest BCUT2D eigenvalue weighted by Crippen LogP contribution is 2.35. The van der Waals surface area contributed by atoms with E-state index in [9.17, 15) is 39.6 Å². The van der Waals surface area contributed by atoms with Crippen molar-refractivity contribution < 1.29 is 39.5 Å². The second-order valence-electron chi connectivity index (χ2n) is 7.48. The molecule has 0 amide bonds. The lowest BCUT2D eigenvalue weighted by molar-refractivity contribution is -0.274. The van der Waals surface area contributed by atoms with Gasteiger partial charge >= 0.3 is 18.2 Å². The van der Waals surface area contributed by atoms with Crippen LogP contribution in [0.4, 0.5) is 26.3 Å². The van der Waals surface area contributed by atoms with Crippen LogP contribution in [0, 0.1) is 0 Å². The van der Waals surface area contributed by atoms with Gasteiger partial charge in [-0.05, 0) is 35.9 Å². The van der Waals surface area contributed by atoms with E-state index in [-0.39, 0.29) is 16.8 Å². The van der Waals surface area contributed by atoms with Crippen LogP contribution in [0.5, 0.6) is 5.75 Å². The smallest absolute Gasteiger partial charge is 0.404 e. The number of hydrogen-bond donors (Lipinski definition) is 0. The van der Waals surface area contributed by atoms with Crippen molar-refractivity contribution in [2.75, 3.05) is 5.75 Å². The summed E-state index contributed by atoms with van der Waals surface area (Å²) < 4.78 is 107. The summed E-state index contributed by atoms with van der Waals surface area (Å²) in [4.78, 5) is 16.4. The maximum absolute atomic E-state index is 13.1. The summed E-state index contributed by atoms with van der Waals surface area (Å²) >= 11 is 5.88. The first-order valence-electron chi connectivity index (χ1n) is 10.1. The number of alkyl halides is 6. The number of pyridine rings is 2. The van der Waals surface area contributed by atoms with Crippen LogP contribution in [0.25, 0.3) is 22.6 Å². The van der Waals surface area contributed by atoms with Crippen molar-refractivity contribution in [2.45, 2.75) is 24.4 Å². The maximum atomic E-state index is 13.1. The molecule has 0 spiro atoms. The molecule has 0 bridgehead atoms. The van der Waals surface area contributed by atoms with Crippen molar-refractivity contribution in [1.82, 2.24) is 19.2 Å². The fourth-order valence-corrected chi connectivity index (χ4v) is 4.56. The fourth-order valence-electron chi connectivity index (χ4n) is 3.31. The van der Waals surface area contributed by atoms with Gasteiger partial charge in [0.05, 0.1) is 16.3 Å². The van der Waals surface area contributed by atoms with Gasteiger partial charge in [-0.2, -0.15) is 17.9 Å². The molecule has 16 heteroatoms. The third-order valence-electron chi connectivity index (χ3n) is 5.08. The minimum absolute atomic E-state index is 0.104. The van der Waals surface area contributed by atoms with Gasteiger partial charge in [-0.1, -0.05) is 24.6 Å². The molecule has 4 aromatic rings. The molecule has 0 aliphatic heterocycles. The van der Waals surface area contributed by atoms with Crippen molar-refractivity contribution in [3.63, 3.8) is 0 Å². The molecule has 0 saturated heterocycles. The van der Waals surface area contributed by atoms with Crippen LogP contribution in [0.3, 0.4) is 0 Å². The molecule has 0 fully saturated rings. The van der Waals surface area contributed by atoms with Crippen LogP contribution in [0.2, 0.25) is 5.02 Å². The summed E-state index contributed by atoms with van der Waals surface area (Å²) in [5.41, 5.74) is -2.15. The standard InChI is InChI=1S/C21H13ClF6N4O4S/c1-2-37(34,35)16-8-12(11-3-5-15(14(22)7-11)36-21(26,27)28)9-29-18(16)32-19(33)31-10-13(20(23,24)25)4-6-17(31)30-32/h3-10H,2H2,1H3. The molecule has 0 radical (unpaired) electrons. The molecule has 3 heterocycles. The summed E-state index contributed by atoms with van der Waals surface area (Å²) in [6.07, 6.45) is -8.10. The van der Waals surface area contributed by atoms with Gasteiger partial charge in [-0.3, -0.25) is 0 Å². The molecule has 37 heavy (non-hydrogen) atoms. The highest BCUT2D eigenvalue weighted by Gasteiger charge is 2.33. The highest BCUT2D eigenvalue weighted by atomic mass is 35.5. The summed E-state index contributed by atoms with van der Waals surface area (Å²) in [6, 6.07) is 5.96. The van der Waals surface area contributed by atoms with Crippen molar-refractivity contribution in [3.8, 4) is 22.7 Å². The van der Waals surface area contributed by atoms with Gasteiger partial charge < -0.3 is 4.74 Å². The second-order valence-corrected chi connectivity index (χ2v) is 10.1. The predicted octanol–water partition coefficient (Wildman–Crippen LogP) is 4.91. The number of halogens is 7. The van der Waals surface area contributed by atoms with Gasteiger partial charge in [-0.15, -0.1) is 18.3 Å². The number of rotatable bonds is 5. The Balaban J connectivity index is 1.87. The number of fused-ring (bicyclic) bond motifs is 1. The molecule has 8 nitrogen and oxygen atoms in total. The van der Waals surface area contributed by atoms with Gasteiger partial charge in [0, 0.05) is 18.0 Å². The normalized spacial score (nSPS) is 12.8. The predicted molar refractivity (Wildman–Crippen MR) is 118 cm³/mol. The summed E-state index contributed by atoms with van der Waals surface area (Å²) in [5.74, 6) is -1.60. The Morgan fingerprint density at radius 2 is 1.73 bits per heavy atom. The first-order chi connectivity index (χ1) is 17.1. The molecular weight excluding hydrogens is 554 g/mol. The van der Waals surface area contributed by atoms with Gasteiger partial charge in [-0.25, -0.2) is 22.6 Å². The number of nitrogens with zero attached hydrogens (tertiary/aromatic N) is 4. The van der Waals surface area contributed by atoms with Crippen molar-refractivity contribution >= 4 is 27.1 Å². The van der Waals surface area contributed by atoms with Crippen molar-refractivity contribution in [3.05, 3.63) is 69.9 Å². The molecule has 3 aromatic heterocycles. The van der Waals surface area contributed by atoms with Crippen molar-refractivity contribution in [1.29, 1.82) is 0 Å². The number of aromatic nitrogens is 4.